The number of benzene rings is 1. The fourth-order valence-electron chi connectivity index (χ4n) is 2.66. The van der Waals surface area contributed by atoms with Gasteiger partial charge in [-0.15, -0.1) is 11.3 Å². The lowest BCUT2D eigenvalue weighted by Gasteiger charge is -2.16. The van der Waals surface area contributed by atoms with Crippen molar-refractivity contribution in [2.75, 3.05) is 7.05 Å². The van der Waals surface area contributed by atoms with Crippen LogP contribution in [0.4, 0.5) is 0 Å². The van der Waals surface area contributed by atoms with Crippen LogP contribution in [-0.2, 0) is 13.1 Å². The fraction of sp³-hybridized carbons (Fsp3) is 0.278. The van der Waals surface area contributed by atoms with Gasteiger partial charge in [-0.1, -0.05) is 12.1 Å². The molecule has 6 heteroatoms. The third-order valence-electron chi connectivity index (χ3n) is 3.84. The maximum Gasteiger partial charge on any atom is 0.253 e. The molecule has 0 N–H and O–H groups in total. The molecule has 3 aromatic rings. The number of rotatable bonds is 5. The van der Waals surface area contributed by atoms with E-state index in [9.17, 15) is 4.79 Å². The van der Waals surface area contributed by atoms with Gasteiger partial charge in [0.1, 0.15) is 0 Å². The van der Waals surface area contributed by atoms with Gasteiger partial charge in [0.25, 0.3) is 5.91 Å². The Morgan fingerprint density at radius 2 is 2.12 bits per heavy atom. The molecule has 0 fully saturated rings. The summed E-state index contributed by atoms with van der Waals surface area (Å²) >= 11 is 1.54. The number of carbonyl (C=O) groups is 1. The Kier molecular flexibility index (Phi) is 4.76. The van der Waals surface area contributed by atoms with Gasteiger partial charge in [0.05, 0.1) is 30.0 Å². The van der Waals surface area contributed by atoms with Crippen LogP contribution in [0.1, 0.15) is 33.0 Å². The van der Waals surface area contributed by atoms with E-state index in [2.05, 4.69) is 16.1 Å². The van der Waals surface area contributed by atoms with E-state index in [-0.39, 0.29) is 5.91 Å². The van der Waals surface area contributed by atoms with Crippen LogP contribution in [0.5, 0.6) is 0 Å². The second-order valence-electron chi connectivity index (χ2n) is 5.93. The number of hydrogen-bond acceptors (Lipinski definition) is 4. The van der Waals surface area contributed by atoms with Gasteiger partial charge < -0.3 is 4.90 Å². The summed E-state index contributed by atoms with van der Waals surface area (Å²) in [7, 11) is 1.80. The molecule has 3 rings (SSSR count). The zero-order chi connectivity index (χ0) is 17.1. The number of carbonyl (C=O) groups excluding carboxylic acids is 1. The highest BCUT2D eigenvalue weighted by molar-refractivity contribution is 7.07. The summed E-state index contributed by atoms with van der Waals surface area (Å²) in [6, 6.07) is 9.79. The van der Waals surface area contributed by atoms with E-state index in [1.807, 2.05) is 48.2 Å². The molecule has 2 heterocycles. The van der Waals surface area contributed by atoms with E-state index < -0.39 is 0 Å². The van der Waals surface area contributed by atoms with Gasteiger partial charge in [-0.2, -0.15) is 5.10 Å². The van der Waals surface area contributed by atoms with Crippen LogP contribution in [0.2, 0.25) is 0 Å². The molecule has 0 saturated heterocycles. The number of amides is 1. The topological polar surface area (TPSA) is 51.0 Å². The van der Waals surface area contributed by atoms with E-state index in [0.29, 0.717) is 18.7 Å². The first-order chi connectivity index (χ1) is 11.5. The maximum atomic E-state index is 12.6. The van der Waals surface area contributed by atoms with E-state index in [1.54, 1.807) is 17.5 Å². The predicted octanol–water partition coefficient (Wildman–Crippen LogP) is 3.28. The van der Waals surface area contributed by atoms with Crippen LogP contribution in [-0.4, -0.2) is 32.6 Å². The van der Waals surface area contributed by atoms with E-state index in [0.717, 1.165) is 22.6 Å². The Balaban J connectivity index is 1.74. The van der Waals surface area contributed by atoms with Crippen LogP contribution in [0.3, 0.4) is 0 Å². The molecule has 0 bridgehead atoms. The SMILES string of the molecule is Cc1cc(C)n(Cc2cccc(C(=O)N(C)Cc3cscn3)c2)n1. The van der Waals surface area contributed by atoms with E-state index in [1.165, 1.54) is 11.3 Å². The minimum Gasteiger partial charge on any atom is -0.336 e. The summed E-state index contributed by atoms with van der Waals surface area (Å²) in [6.45, 7) is 5.20. The molecule has 0 aliphatic heterocycles. The molecule has 0 aliphatic rings. The van der Waals surface area contributed by atoms with Crippen molar-refractivity contribution >= 4 is 17.2 Å². The highest BCUT2D eigenvalue weighted by Gasteiger charge is 2.13. The van der Waals surface area contributed by atoms with Crippen LogP contribution in [0.15, 0.2) is 41.2 Å². The van der Waals surface area contributed by atoms with Crippen molar-refractivity contribution in [1.82, 2.24) is 19.7 Å². The minimum atomic E-state index is -0.00165. The Morgan fingerprint density at radius 1 is 1.29 bits per heavy atom. The van der Waals surface area contributed by atoms with Gasteiger partial charge >= 0.3 is 0 Å². The molecule has 0 atom stereocenters. The van der Waals surface area contributed by atoms with Crippen molar-refractivity contribution in [1.29, 1.82) is 0 Å². The van der Waals surface area contributed by atoms with Gasteiger partial charge in [0.15, 0.2) is 0 Å². The Labute approximate surface area is 145 Å². The molecule has 0 unspecified atom stereocenters. The molecule has 0 aliphatic carbocycles. The second kappa shape index (κ2) is 6.97. The first-order valence-corrected chi connectivity index (χ1v) is 8.70. The fourth-order valence-corrected chi connectivity index (χ4v) is 3.21. The standard InChI is InChI=1S/C18H20N4OS/c1-13-7-14(2)22(20-13)9-15-5-4-6-16(8-15)18(23)21(3)10-17-11-24-12-19-17/h4-8,11-12H,9-10H2,1-3H3. The van der Waals surface area contributed by atoms with Gasteiger partial charge in [-0.25, -0.2) is 4.98 Å². The first-order valence-electron chi connectivity index (χ1n) is 7.75. The molecule has 0 saturated carbocycles. The Hall–Kier alpha value is -2.47. The van der Waals surface area contributed by atoms with Gasteiger partial charge in [-0.3, -0.25) is 9.48 Å². The smallest absolute Gasteiger partial charge is 0.253 e. The number of aromatic nitrogens is 3. The Morgan fingerprint density at radius 3 is 2.79 bits per heavy atom. The van der Waals surface area contributed by atoms with Crippen LogP contribution in [0.25, 0.3) is 0 Å². The first kappa shape index (κ1) is 16.4. The van der Waals surface area contributed by atoms with Crippen molar-refractivity contribution < 1.29 is 4.79 Å². The average molecular weight is 340 g/mol. The van der Waals surface area contributed by atoms with Crippen LogP contribution >= 0.6 is 11.3 Å². The molecule has 5 nitrogen and oxygen atoms in total. The highest BCUT2D eigenvalue weighted by atomic mass is 32.1. The van der Waals surface area contributed by atoms with Gasteiger partial charge in [-0.05, 0) is 37.6 Å². The summed E-state index contributed by atoms with van der Waals surface area (Å²) in [6.07, 6.45) is 0. The zero-order valence-electron chi connectivity index (χ0n) is 14.1. The molecule has 124 valence electrons. The zero-order valence-corrected chi connectivity index (χ0v) is 14.9. The normalized spacial score (nSPS) is 10.8. The lowest BCUT2D eigenvalue weighted by molar-refractivity contribution is 0.0783. The molecule has 24 heavy (non-hydrogen) atoms. The van der Waals surface area contributed by atoms with E-state index >= 15 is 0 Å². The van der Waals surface area contributed by atoms with Crippen molar-refractivity contribution in [3.8, 4) is 0 Å². The summed E-state index contributed by atoms with van der Waals surface area (Å²) in [5, 5.41) is 6.44. The molecule has 0 radical (unpaired) electrons. The summed E-state index contributed by atoms with van der Waals surface area (Å²) in [5.74, 6) is -0.00165. The summed E-state index contributed by atoms with van der Waals surface area (Å²) < 4.78 is 1.96. The molecule has 0 spiro atoms. The van der Waals surface area contributed by atoms with E-state index in [4.69, 9.17) is 0 Å². The van der Waals surface area contributed by atoms with Gasteiger partial charge in [0, 0.05) is 23.7 Å². The number of hydrogen-bond donors (Lipinski definition) is 0. The van der Waals surface area contributed by atoms with Crippen molar-refractivity contribution in [2.45, 2.75) is 26.9 Å². The largest absolute Gasteiger partial charge is 0.336 e. The summed E-state index contributed by atoms with van der Waals surface area (Å²) in [4.78, 5) is 18.5. The summed E-state index contributed by atoms with van der Waals surface area (Å²) in [5.41, 5.74) is 6.56. The Bertz CT molecular complexity index is 839. The minimum absolute atomic E-state index is 0.00165. The lowest BCUT2D eigenvalue weighted by Crippen LogP contribution is -2.26. The number of thiazole rings is 1. The maximum absolute atomic E-state index is 12.6. The quantitative estimate of drug-likeness (QED) is 0.716. The van der Waals surface area contributed by atoms with Crippen LogP contribution < -0.4 is 0 Å². The third kappa shape index (κ3) is 3.71. The van der Waals surface area contributed by atoms with Crippen LogP contribution in [0, 0.1) is 13.8 Å². The predicted molar refractivity (Wildman–Crippen MR) is 95.2 cm³/mol. The molecule has 2 aromatic heterocycles. The highest BCUT2D eigenvalue weighted by Crippen LogP contribution is 2.13. The van der Waals surface area contributed by atoms with Gasteiger partial charge in [0.2, 0.25) is 0 Å². The third-order valence-corrected chi connectivity index (χ3v) is 4.47. The van der Waals surface area contributed by atoms with Crippen molar-refractivity contribution in [2.24, 2.45) is 0 Å². The number of aryl methyl sites for hydroxylation is 2. The lowest BCUT2D eigenvalue weighted by atomic mass is 10.1. The molecule has 1 aromatic carbocycles. The molecular weight excluding hydrogens is 320 g/mol. The van der Waals surface area contributed by atoms with Crippen molar-refractivity contribution in [3.05, 3.63) is 69.4 Å². The number of nitrogens with zero attached hydrogens (tertiary/aromatic N) is 4. The van der Waals surface area contributed by atoms with Crippen molar-refractivity contribution in [3.63, 3.8) is 0 Å². The average Bonchev–Trinajstić information content (AvgIpc) is 3.17. The molecule has 1 amide bonds. The second-order valence-corrected chi connectivity index (χ2v) is 6.64. The monoisotopic (exact) mass is 340 g/mol. The molecular formula is C18H20N4OS.